The third-order valence-electron chi connectivity index (χ3n) is 3.59. The van der Waals surface area contributed by atoms with Crippen LogP contribution in [0.5, 0.6) is 0 Å². The lowest BCUT2D eigenvalue weighted by atomic mass is 10.0. The number of halogens is 7. The van der Waals surface area contributed by atoms with Crippen molar-refractivity contribution in [2.45, 2.75) is 32.3 Å². The van der Waals surface area contributed by atoms with Crippen LogP contribution < -0.4 is 0 Å². The summed E-state index contributed by atoms with van der Waals surface area (Å²) in [4.78, 5) is 5.01. The summed E-state index contributed by atoms with van der Waals surface area (Å²) in [5.74, 6) is 0. The molecule has 0 radical (unpaired) electrons. The maximum Gasteiger partial charge on any atom is 0.417 e. The van der Waals surface area contributed by atoms with E-state index in [9.17, 15) is 26.3 Å². The van der Waals surface area contributed by atoms with E-state index in [0.717, 1.165) is 30.3 Å². The first kappa shape index (κ1) is 21.1. The molecular formula is C18H14ClF6NO. The predicted octanol–water partition coefficient (Wildman–Crippen LogP) is 6.71. The summed E-state index contributed by atoms with van der Waals surface area (Å²) in [7, 11) is 0. The van der Waals surface area contributed by atoms with E-state index < -0.39 is 23.5 Å². The quantitative estimate of drug-likeness (QED) is 0.305. The van der Waals surface area contributed by atoms with Gasteiger partial charge in [-0.25, -0.2) is 0 Å². The summed E-state index contributed by atoms with van der Waals surface area (Å²) in [6.45, 7) is 1.25. The smallest absolute Gasteiger partial charge is 0.391 e. The van der Waals surface area contributed by atoms with Crippen LogP contribution >= 0.6 is 11.6 Å². The Bertz CT molecular complexity index is 829. The molecule has 0 amide bonds. The van der Waals surface area contributed by atoms with Gasteiger partial charge in [0.2, 0.25) is 0 Å². The molecule has 2 aromatic rings. The van der Waals surface area contributed by atoms with Gasteiger partial charge in [-0.2, -0.15) is 26.3 Å². The van der Waals surface area contributed by atoms with E-state index in [1.807, 2.05) is 0 Å². The summed E-state index contributed by atoms with van der Waals surface area (Å²) >= 11 is 5.79. The average molecular weight is 410 g/mol. The number of rotatable bonds is 5. The number of hydrogen-bond donors (Lipinski definition) is 0. The fourth-order valence-corrected chi connectivity index (χ4v) is 2.50. The lowest BCUT2D eigenvalue weighted by Gasteiger charge is -2.14. The first-order valence-electron chi connectivity index (χ1n) is 7.74. The normalized spacial score (nSPS) is 13.0. The third-order valence-corrected chi connectivity index (χ3v) is 3.83. The minimum atomic E-state index is -4.61. The van der Waals surface area contributed by atoms with Gasteiger partial charge in [-0.15, -0.1) is 0 Å². The monoisotopic (exact) mass is 409 g/mol. The second-order valence-electron chi connectivity index (χ2n) is 5.55. The molecule has 0 heterocycles. The molecule has 0 aliphatic carbocycles. The van der Waals surface area contributed by atoms with Crippen LogP contribution in [0.3, 0.4) is 0 Å². The molecule has 2 aromatic carbocycles. The van der Waals surface area contributed by atoms with E-state index in [0.29, 0.717) is 0 Å². The standard InChI is InChI=1S/C18H14ClF6NO/c1-2-16(14-9-13(19)6-7-15(14)18(23,24)25)26-27-10-11-4-3-5-12(8-11)17(20,21)22/h3-9H,2,10H2,1H3/b26-16+. The van der Waals surface area contributed by atoms with Crippen molar-refractivity contribution >= 4 is 17.3 Å². The largest absolute Gasteiger partial charge is 0.417 e. The molecule has 0 spiro atoms. The summed E-state index contributed by atoms with van der Waals surface area (Å²) in [6, 6.07) is 7.50. The maximum absolute atomic E-state index is 13.2. The van der Waals surface area contributed by atoms with Crippen LogP contribution in [0.25, 0.3) is 0 Å². The molecule has 27 heavy (non-hydrogen) atoms. The first-order valence-corrected chi connectivity index (χ1v) is 8.12. The van der Waals surface area contributed by atoms with Gasteiger partial charge in [-0.3, -0.25) is 0 Å². The summed E-state index contributed by atoms with van der Waals surface area (Å²) in [5, 5.41) is 3.79. The number of hydrogen-bond acceptors (Lipinski definition) is 2. The van der Waals surface area contributed by atoms with Crippen LogP contribution in [-0.4, -0.2) is 5.71 Å². The Balaban J connectivity index is 2.25. The lowest BCUT2D eigenvalue weighted by Crippen LogP contribution is -2.13. The van der Waals surface area contributed by atoms with E-state index in [1.165, 1.54) is 12.1 Å². The zero-order valence-electron chi connectivity index (χ0n) is 14.0. The Hall–Kier alpha value is -2.22. The molecule has 2 nitrogen and oxygen atoms in total. The van der Waals surface area contributed by atoms with Gasteiger partial charge in [0, 0.05) is 10.6 Å². The zero-order valence-corrected chi connectivity index (χ0v) is 14.7. The highest BCUT2D eigenvalue weighted by atomic mass is 35.5. The van der Waals surface area contributed by atoms with E-state index >= 15 is 0 Å². The molecule has 9 heteroatoms. The Morgan fingerprint density at radius 2 is 1.70 bits per heavy atom. The van der Waals surface area contributed by atoms with Gasteiger partial charge in [0.1, 0.15) is 6.61 Å². The van der Waals surface area contributed by atoms with Gasteiger partial charge in [-0.1, -0.05) is 35.8 Å². The van der Waals surface area contributed by atoms with E-state index in [-0.39, 0.29) is 34.9 Å². The van der Waals surface area contributed by atoms with Crippen LogP contribution in [-0.2, 0) is 23.8 Å². The topological polar surface area (TPSA) is 21.6 Å². The van der Waals surface area contributed by atoms with E-state index in [2.05, 4.69) is 5.16 Å². The van der Waals surface area contributed by atoms with Crippen molar-refractivity contribution in [1.82, 2.24) is 0 Å². The minimum absolute atomic E-state index is 0.0169. The molecule has 0 unspecified atom stereocenters. The van der Waals surface area contributed by atoms with Crippen molar-refractivity contribution in [3.05, 3.63) is 69.7 Å². The van der Waals surface area contributed by atoms with Crippen LogP contribution in [0, 0.1) is 0 Å². The fourth-order valence-electron chi connectivity index (χ4n) is 2.33. The van der Waals surface area contributed by atoms with Crippen molar-refractivity contribution < 1.29 is 31.2 Å². The fraction of sp³-hybridized carbons (Fsp3) is 0.278. The van der Waals surface area contributed by atoms with Crippen LogP contribution in [0.4, 0.5) is 26.3 Å². The maximum atomic E-state index is 13.2. The number of oxime groups is 1. The van der Waals surface area contributed by atoms with E-state index in [1.54, 1.807) is 6.92 Å². The Morgan fingerprint density at radius 3 is 2.30 bits per heavy atom. The van der Waals surface area contributed by atoms with Crippen molar-refractivity contribution in [1.29, 1.82) is 0 Å². The second-order valence-corrected chi connectivity index (χ2v) is 5.99. The molecule has 0 N–H and O–H groups in total. The molecule has 0 atom stereocenters. The van der Waals surface area contributed by atoms with Crippen LogP contribution in [0.1, 0.15) is 35.6 Å². The highest BCUT2D eigenvalue weighted by Crippen LogP contribution is 2.34. The molecule has 0 saturated heterocycles. The van der Waals surface area contributed by atoms with Gasteiger partial charge in [0.25, 0.3) is 0 Å². The van der Waals surface area contributed by atoms with Gasteiger partial charge >= 0.3 is 12.4 Å². The van der Waals surface area contributed by atoms with E-state index in [4.69, 9.17) is 16.4 Å². The highest BCUT2D eigenvalue weighted by Gasteiger charge is 2.34. The van der Waals surface area contributed by atoms with Gasteiger partial charge in [-0.05, 0) is 42.3 Å². The van der Waals surface area contributed by atoms with Gasteiger partial charge in [0.05, 0.1) is 16.8 Å². The van der Waals surface area contributed by atoms with Crippen LogP contribution in [0.2, 0.25) is 5.02 Å². The Morgan fingerprint density at radius 1 is 1.00 bits per heavy atom. The first-order chi connectivity index (χ1) is 12.5. The lowest BCUT2D eigenvalue weighted by molar-refractivity contribution is -0.138. The predicted molar refractivity (Wildman–Crippen MR) is 89.5 cm³/mol. The highest BCUT2D eigenvalue weighted by molar-refractivity contribution is 6.31. The SMILES string of the molecule is CC/C(=N\OCc1cccc(C(F)(F)F)c1)c1cc(Cl)ccc1C(F)(F)F. The third kappa shape index (κ3) is 5.63. The molecule has 0 bridgehead atoms. The zero-order chi connectivity index (χ0) is 20.2. The summed E-state index contributed by atoms with van der Waals surface area (Å²) in [6.07, 6.45) is -9.01. The molecule has 0 aliphatic rings. The van der Waals surface area contributed by atoms with Crippen molar-refractivity contribution in [2.75, 3.05) is 0 Å². The minimum Gasteiger partial charge on any atom is -0.391 e. The summed E-state index contributed by atoms with van der Waals surface area (Å²) < 4.78 is 77.6. The molecule has 0 fully saturated rings. The van der Waals surface area contributed by atoms with Crippen LogP contribution in [0.15, 0.2) is 47.6 Å². The number of nitrogens with zero attached hydrogens (tertiary/aromatic N) is 1. The Labute approximate surface area is 156 Å². The molecule has 146 valence electrons. The summed E-state index contributed by atoms with van der Waals surface area (Å²) in [5.41, 5.74) is -1.84. The number of alkyl halides is 6. The van der Waals surface area contributed by atoms with Gasteiger partial charge < -0.3 is 4.84 Å². The van der Waals surface area contributed by atoms with Crippen molar-refractivity contribution in [3.8, 4) is 0 Å². The van der Waals surface area contributed by atoms with Crippen molar-refractivity contribution in [3.63, 3.8) is 0 Å². The molecule has 0 aromatic heterocycles. The number of benzene rings is 2. The molecule has 0 aliphatic heterocycles. The average Bonchev–Trinajstić information content (AvgIpc) is 2.57. The second kappa shape index (κ2) is 8.21. The molecular weight excluding hydrogens is 396 g/mol. The molecule has 0 saturated carbocycles. The van der Waals surface area contributed by atoms with Gasteiger partial charge in [0.15, 0.2) is 0 Å². The Kier molecular flexibility index (Phi) is 6.41. The molecule has 2 rings (SSSR count). The van der Waals surface area contributed by atoms with Crippen molar-refractivity contribution in [2.24, 2.45) is 5.16 Å².